The van der Waals surface area contributed by atoms with Gasteiger partial charge in [-0.2, -0.15) is 0 Å². The summed E-state index contributed by atoms with van der Waals surface area (Å²) in [5.41, 5.74) is 8.58. The smallest absolute Gasteiger partial charge is 0.258 e. The second-order valence-electron chi connectivity index (χ2n) is 20.4. The Balaban J connectivity index is 0.000000329. The van der Waals surface area contributed by atoms with Crippen LogP contribution in [0.2, 0.25) is 0 Å². The van der Waals surface area contributed by atoms with E-state index in [-0.39, 0.29) is 17.9 Å². The van der Waals surface area contributed by atoms with Crippen LogP contribution >= 0.6 is 0 Å². The van der Waals surface area contributed by atoms with E-state index in [4.69, 9.17) is 18.7 Å². The van der Waals surface area contributed by atoms with Gasteiger partial charge in [-0.1, -0.05) is 101 Å². The standard InChI is InChI=1S/C31H42N4O2.C31H45N3O5/c1-31(2,3)23-35(5)29-13-10-12-27(33-25-16-19-34(4)20-17-25)26(29)11-8-7-9-18-32-28-15-14-24(22-36)21-30(28)37-6;1-6-14-25(7-2)31(36)27-19-26(30-23(3)34-39-24(30)4)20-28(21-27)38-22-29(35)33-16-18-37-17-13-11-9-8-10-12-15-32-5/h8,10-15,21-22,25,32-33H,16-20,23H2,1-6H3;6-7,14,19-21,31-32,36H,1-2,8-13,15-18,22H2,3-5H3,(H,33,35)/b11-8+;25-14+. The zero-order valence-electron chi connectivity index (χ0n) is 47.0. The normalized spacial score (nSPS) is 13.4. The van der Waals surface area contributed by atoms with Gasteiger partial charge in [0.1, 0.15) is 29.6 Å². The number of ether oxygens (including phenoxy) is 3. The van der Waals surface area contributed by atoms with Crippen LogP contribution in [0.4, 0.5) is 17.1 Å². The molecule has 0 radical (unpaired) electrons. The van der Waals surface area contributed by atoms with Gasteiger partial charge in [0.15, 0.2) is 6.61 Å². The van der Waals surface area contributed by atoms with Crippen LogP contribution in [0.15, 0.2) is 102 Å². The van der Waals surface area contributed by atoms with Crippen LogP contribution in [0.3, 0.4) is 0 Å². The number of rotatable bonds is 29. The second kappa shape index (κ2) is 33.4. The van der Waals surface area contributed by atoms with Crippen LogP contribution < -0.4 is 35.6 Å². The van der Waals surface area contributed by atoms with E-state index in [1.54, 1.807) is 43.5 Å². The summed E-state index contributed by atoms with van der Waals surface area (Å²) >= 11 is 0. The molecule has 1 aromatic heterocycles. The molecule has 1 aliphatic rings. The number of aliphatic hydroxyl groups is 1. The molecule has 412 valence electrons. The molecule has 0 saturated carbocycles. The number of anilines is 3. The third-order valence-corrected chi connectivity index (χ3v) is 12.8. The van der Waals surface area contributed by atoms with Crippen molar-refractivity contribution in [2.75, 3.05) is 103 Å². The molecule has 0 bridgehead atoms. The quantitative estimate of drug-likeness (QED) is 0.0151. The van der Waals surface area contributed by atoms with Gasteiger partial charge in [0.2, 0.25) is 0 Å². The zero-order valence-corrected chi connectivity index (χ0v) is 47.0. The highest BCUT2D eigenvalue weighted by molar-refractivity contribution is 5.80. The first-order valence-electron chi connectivity index (χ1n) is 26.8. The molecule has 4 aromatic rings. The maximum Gasteiger partial charge on any atom is 0.258 e. The first-order valence-corrected chi connectivity index (χ1v) is 26.8. The number of nitrogens with one attached hydrogen (secondary N) is 4. The van der Waals surface area contributed by atoms with Gasteiger partial charge >= 0.3 is 0 Å². The number of methoxy groups -OCH3 is 1. The van der Waals surface area contributed by atoms with Crippen LogP contribution in [0.5, 0.6) is 11.5 Å². The summed E-state index contributed by atoms with van der Waals surface area (Å²) in [5, 5.41) is 28.1. The first-order chi connectivity index (χ1) is 36.6. The van der Waals surface area contributed by atoms with Gasteiger partial charge < -0.3 is 54.9 Å². The van der Waals surface area contributed by atoms with Crippen molar-refractivity contribution in [3.63, 3.8) is 0 Å². The molecule has 1 amide bonds. The van der Waals surface area contributed by atoms with Crippen LogP contribution in [0.25, 0.3) is 17.2 Å². The van der Waals surface area contributed by atoms with Crippen LogP contribution in [0.1, 0.15) is 111 Å². The fraction of sp³-hybridized carbons (Fsp3) is 0.468. The number of hydrogen-bond acceptors (Lipinski definition) is 13. The molecule has 5 N–H and O–H groups in total. The molecule has 76 heavy (non-hydrogen) atoms. The third kappa shape index (κ3) is 21.5. The lowest BCUT2D eigenvalue weighted by molar-refractivity contribution is -0.123. The van der Waals surface area contributed by atoms with Crippen molar-refractivity contribution in [2.24, 2.45) is 5.41 Å². The van der Waals surface area contributed by atoms with E-state index in [2.05, 4.69) is 120 Å². The van der Waals surface area contributed by atoms with Gasteiger partial charge in [-0.25, -0.2) is 0 Å². The summed E-state index contributed by atoms with van der Waals surface area (Å²) in [6, 6.07) is 17.7. The summed E-state index contributed by atoms with van der Waals surface area (Å²) < 4.78 is 22.2. The van der Waals surface area contributed by atoms with E-state index in [1.165, 1.54) is 43.4 Å². The minimum Gasteiger partial charge on any atom is -0.495 e. The third-order valence-electron chi connectivity index (χ3n) is 12.8. The summed E-state index contributed by atoms with van der Waals surface area (Å²) in [6.07, 6.45) is 18.3. The number of nitrogens with zero attached hydrogens (tertiary/aromatic N) is 3. The second-order valence-corrected chi connectivity index (χ2v) is 20.4. The van der Waals surface area contributed by atoms with Crippen molar-refractivity contribution >= 4 is 35.3 Å². The van der Waals surface area contributed by atoms with Crippen molar-refractivity contribution in [3.05, 3.63) is 126 Å². The van der Waals surface area contributed by atoms with Gasteiger partial charge in [0, 0.05) is 60.9 Å². The Morgan fingerprint density at radius 2 is 1.75 bits per heavy atom. The minimum atomic E-state index is -0.951. The lowest BCUT2D eigenvalue weighted by Crippen LogP contribution is -2.37. The Hall–Kier alpha value is -6.63. The number of aromatic nitrogens is 1. The summed E-state index contributed by atoms with van der Waals surface area (Å²) in [4.78, 5) is 28.1. The summed E-state index contributed by atoms with van der Waals surface area (Å²) in [7, 11) is 7.93. The Labute approximate surface area is 454 Å². The van der Waals surface area contributed by atoms with Crippen LogP contribution in [0, 0.1) is 31.1 Å². The highest BCUT2D eigenvalue weighted by Gasteiger charge is 2.22. The molecule has 1 saturated heterocycles. The van der Waals surface area contributed by atoms with E-state index in [0.717, 1.165) is 79.9 Å². The predicted octanol–water partition coefficient (Wildman–Crippen LogP) is 11.0. The van der Waals surface area contributed by atoms with Crippen molar-refractivity contribution in [3.8, 4) is 34.5 Å². The maximum absolute atomic E-state index is 12.4. The number of allylic oxidation sites excluding steroid dienone is 3. The minimum absolute atomic E-state index is 0.162. The highest BCUT2D eigenvalue weighted by Crippen LogP contribution is 2.36. The first kappa shape index (κ1) is 61.9. The fourth-order valence-corrected chi connectivity index (χ4v) is 8.94. The largest absolute Gasteiger partial charge is 0.495 e. The van der Waals surface area contributed by atoms with E-state index in [0.29, 0.717) is 66.3 Å². The van der Waals surface area contributed by atoms with E-state index >= 15 is 0 Å². The molecule has 14 heteroatoms. The lowest BCUT2D eigenvalue weighted by atomic mass is 9.95. The number of aryl methyl sites for hydroxylation is 2. The lowest BCUT2D eigenvalue weighted by Gasteiger charge is -2.32. The fourth-order valence-electron chi connectivity index (χ4n) is 8.94. The van der Waals surface area contributed by atoms with Gasteiger partial charge in [-0.3, -0.25) is 9.59 Å². The van der Waals surface area contributed by atoms with Crippen molar-refractivity contribution in [2.45, 2.75) is 98.1 Å². The monoisotopic (exact) mass is 1040 g/mol. The SMILES string of the molecule is C=C/C=C(\C=C)C(O)c1cc(OCC(=O)NCCOCCCCCCCCNC)cc(-c2c(C)noc2C)c1.COc1cc(C=O)ccc1NCC#C/C=C/c1c(NC2CCN(C)CC2)cccc1N(C)CC(C)(C)C. The van der Waals surface area contributed by atoms with Crippen molar-refractivity contribution in [1.29, 1.82) is 0 Å². The van der Waals surface area contributed by atoms with E-state index < -0.39 is 6.10 Å². The van der Waals surface area contributed by atoms with E-state index in [1.807, 2.05) is 45.2 Å². The number of piperidine rings is 1. The Bertz CT molecular complexity index is 2540. The van der Waals surface area contributed by atoms with Gasteiger partial charge in [0.05, 0.1) is 31.6 Å². The molecule has 14 nitrogen and oxygen atoms in total. The van der Waals surface area contributed by atoms with Crippen LogP contribution in [-0.4, -0.2) is 121 Å². The average molecular weight is 1040 g/mol. The Morgan fingerprint density at radius 1 is 1.00 bits per heavy atom. The number of hydrogen-bond donors (Lipinski definition) is 5. The topological polar surface area (TPSA) is 163 Å². The Kier molecular flexibility index (Phi) is 27.2. The van der Waals surface area contributed by atoms with Gasteiger partial charge in [-0.15, -0.1) is 0 Å². The van der Waals surface area contributed by atoms with Crippen molar-refractivity contribution in [1.82, 2.24) is 20.7 Å². The average Bonchev–Trinajstić information content (AvgIpc) is 3.76. The molecular weight excluding hydrogens is 955 g/mol. The molecule has 1 fully saturated rings. The Morgan fingerprint density at radius 3 is 2.42 bits per heavy atom. The van der Waals surface area contributed by atoms with Crippen molar-refractivity contribution < 1.29 is 33.4 Å². The van der Waals surface area contributed by atoms with Gasteiger partial charge in [0.25, 0.3) is 5.91 Å². The highest BCUT2D eigenvalue weighted by atomic mass is 16.5. The number of aliphatic hydroxyl groups excluding tert-OH is 1. The molecule has 3 aromatic carbocycles. The number of benzene rings is 3. The number of unbranched alkanes of at least 4 members (excludes halogenated alkanes) is 5. The zero-order chi connectivity index (χ0) is 55.3. The van der Waals surface area contributed by atoms with Gasteiger partial charge in [-0.05, 0) is 156 Å². The molecule has 1 aliphatic heterocycles. The van der Waals surface area contributed by atoms with Crippen LogP contribution in [-0.2, 0) is 9.53 Å². The number of carbonyl (C=O) groups is 2. The molecule has 5 rings (SSSR count). The molecule has 2 heterocycles. The summed E-state index contributed by atoms with van der Waals surface area (Å²) in [5.74, 6) is 7.81. The molecule has 1 unspecified atom stereocenters. The molecule has 0 aliphatic carbocycles. The van der Waals surface area contributed by atoms with E-state index in [9.17, 15) is 14.7 Å². The number of likely N-dealkylation sites (tertiary alicyclic amines) is 1. The number of carbonyl (C=O) groups excluding carboxylic acids is 2. The number of amides is 1. The molecule has 0 spiro atoms. The molecular formula is C62H87N7O7. The summed E-state index contributed by atoms with van der Waals surface area (Å²) in [6.45, 7) is 24.1. The number of aldehydes is 1. The maximum atomic E-state index is 12.4. The predicted molar refractivity (Wildman–Crippen MR) is 313 cm³/mol. The molecule has 1 atom stereocenters.